The van der Waals surface area contributed by atoms with Crippen molar-refractivity contribution in [3.63, 3.8) is 0 Å². The van der Waals surface area contributed by atoms with Gasteiger partial charge in [0.05, 0.1) is 6.61 Å². The Hall–Kier alpha value is -1.88. The molecule has 0 atom stereocenters. The maximum absolute atomic E-state index is 5.96. The molecular weight excluding hydrogens is 288 g/mol. The first-order valence-corrected chi connectivity index (χ1v) is 7.44. The fraction of sp³-hybridized carbons (Fsp3) is 0.400. The molecule has 2 rings (SSSR count). The van der Waals surface area contributed by atoms with Crippen LogP contribution in [0, 0.1) is 0 Å². The lowest BCUT2D eigenvalue weighted by atomic mass is 10.2. The van der Waals surface area contributed by atoms with E-state index in [1.165, 1.54) is 5.56 Å². The standard InChI is InChI=1S/C15H19ClN4O/c1-3-10-21-15-18-13(16)17-14(19-15)20(4-2)11-12-8-6-5-7-9-12/h5-9H,3-4,10-11H2,1-2H3. The first-order chi connectivity index (χ1) is 10.2. The molecule has 5 nitrogen and oxygen atoms in total. The van der Waals surface area contributed by atoms with Crippen molar-refractivity contribution >= 4 is 17.5 Å². The van der Waals surface area contributed by atoms with Crippen LogP contribution in [-0.4, -0.2) is 28.1 Å². The lowest BCUT2D eigenvalue weighted by molar-refractivity contribution is 0.291. The van der Waals surface area contributed by atoms with Crippen LogP contribution in [0.4, 0.5) is 5.95 Å². The molecule has 6 heteroatoms. The molecule has 0 spiro atoms. The number of anilines is 1. The average Bonchev–Trinajstić information content (AvgIpc) is 2.51. The highest BCUT2D eigenvalue weighted by Gasteiger charge is 2.12. The molecule has 2 aromatic rings. The van der Waals surface area contributed by atoms with Crippen LogP contribution in [0.1, 0.15) is 25.8 Å². The van der Waals surface area contributed by atoms with E-state index < -0.39 is 0 Å². The Bertz CT molecular complexity index is 565. The maximum Gasteiger partial charge on any atom is 0.322 e. The second kappa shape index (κ2) is 7.78. The van der Waals surface area contributed by atoms with E-state index in [1.54, 1.807) is 0 Å². The molecule has 0 bridgehead atoms. The lowest BCUT2D eigenvalue weighted by Gasteiger charge is -2.21. The average molecular weight is 307 g/mol. The zero-order valence-corrected chi connectivity index (χ0v) is 13.0. The molecule has 0 N–H and O–H groups in total. The van der Waals surface area contributed by atoms with Gasteiger partial charge in [-0.25, -0.2) is 0 Å². The third kappa shape index (κ3) is 4.56. The van der Waals surface area contributed by atoms with E-state index in [0.29, 0.717) is 19.1 Å². The van der Waals surface area contributed by atoms with Crippen LogP contribution in [0.25, 0.3) is 0 Å². The Morgan fingerprint density at radius 1 is 1.10 bits per heavy atom. The summed E-state index contributed by atoms with van der Waals surface area (Å²) in [5.41, 5.74) is 1.19. The van der Waals surface area contributed by atoms with E-state index in [2.05, 4.69) is 27.1 Å². The molecule has 0 aliphatic carbocycles. The highest BCUT2D eigenvalue weighted by atomic mass is 35.5. The van der Waals surface area contributed by atoms with Gasteiger partial charge in [-0.1, -0.05) is 37.3 Å². The quantitative estimate of drug-likeness (QED) is 0.785. The molecule has 1 heterocycles. The van der Waals surface area contributed by atoms with Gasteiger partial charge in [0.15, 0.2) is 0 Å². The second-order valence-corrected chi connectivity index (χ2v) is 4.87. The van der Waals surface area contributed by atoms with Crippen LogP contribution in [-0.2, 0) is 6.54 Å². The van der Waals surface area contributed by atoms with E-state index in [-0.39, 0.29) is 11.3 Å². The highest BCUT2D eigenvalue weighted by molar-refractivity contribution is 6.28. The molecule has 1 aromatic carbocycles. The molecular formula is C15H19ClN4O. The van der Waals surface area contributed by atoms with E-state index in [9.17, 15) is 0 Å². The second-order valence-electron chi connectivity index (χ2n) is 4.54. The monoisotopic (exact) mass is 306 g/mol. The minimum atomic E-state index is 0.151. The number of rotatable bonds is 7. The summed E-state index contributed by atoms with van der Waals surface area (Å²) in [7, 11) is 0. The Kier molecular flexibility index (Phi) is 5.75. The Morgan fingerprint density at radius 2 is 1.86 bits per heavy atom. The summed E-state index contributed by atoms with van der Waals surface area (Å²) < 4.78 is 5.45. The lowest BCUT2D eigenvalue weighted by Crippen LogP contribution is -2.24. The Balaban J connectivity index is 2.19. The van der Waals surface area contributed by atoms with E-state index in [4.69, 9.17) is 16.3 Å². The van der Waals surface area contributed by atoms with Crippen molar-refractivity contribution in [3.05, 3.63) is 41.2 Å². The molecule has 0 fully saturated rings. The molecule has 0 amide bonds. The molecule has 0 aliphatic heterocycles. The summed E-state index contributed by atoms with van der Waals surface area (Å²) in [4.78, 5) is 14.6. The highest BCUT2D eigenvalue weighted by Crippen LogP contribution is 2.17. The van der Waals surface area contributed by atoms with Crippen LogP contribution in [0.3, 0.4) is 0 Å². The van der Waals surface area contributed by atoms with Gasteiger partial charge in [0.25, 0.3) is 0 Å². The Labute approximate surface area is 130 Å². The van der Waals surface area contributed by atoms with Gasteiger partial charge in [-0.2, -0.15) is 15.0 Å². The Morgan fingerprint density at radius 3 is 2.52 bits per heavy atom. The minimum absolute atomic E-state index is 0.151. The van der Waals surface area contributed by atoms with Crippen molar-refractivity contribution in [2.24, 2.45) is 0 Å². The van der Waals surface area contributed by atoms with Crippen molar-refractivity contribution in [3.8, 4) is 6.01 Å². The number of nitrogens with zero attached hydrogens (tertiary/aromatic N) is 4. The van der Waals surface area contributed by atoms with Crippen LogP contribution in [0.2, 0.25) is 5.28 Å². The van der Waals surface area contributed by atoms with Crippen molar-refractivity contribution < 1.29 is 4.74 Å². The van der Waals surface area contributed by atoms with Gasteiger partial charge in [-0.05, 0) is 30.5 Å². The smallest absolute Gasteiger partial charge is 0.322 e. The number of ether oxygens (including phenoxy) is 1. The largest absolute Gasteiger partial charge is 0.463 e. The number of aromatic nitrogens is 3. The number of benzene rings is 1. The van der Waals surface area contributed by atoms with Gasteiger partial charge < -0.3 is 9.64 Å². The summed E-state index contributed by atoms with van der Waals surface area (Å²) in [6.45, 7) is 6.11. The first-order valence-electron chi connectivity index (χ1n) is 7.06. The van der Waals surface area contributed by atoms with Crippen LogP contribution in [0.5, 0.6) is 6.01 Å². The van der Waals surface area contributed by atoms with Crippen LogP contribution in [0.15, 0.2) is 30.3 Å². The predicted molar refractivity (Wildman–Crippen MR) is 83.8 cm³/mol. The SMILES string of the molecule is CCCOc1nc(Cl)nc(N(CC)Cc2ccccc2)n1. The van der Waals surface area contributed by atoms with Crippen molar-refractivity contribution in [2.75, 3.05) is 18.1 Å². The van der Waals surface area contributed by atoms with E-state index in [1.807, 2.05) is 36.9 Å². The van der Waals surface area contributed by atoms with Crippen LogP contribution >= 0.6 is 11.6 Å². The third-order valence-corrected chi connectivity index (χ3v) is 3.06. The molecule has 0 aliphatic rings. The molecule has 0 unspecified atom stereocenters. The minimum Gasteiger partial charge on any atom is -0.463 e. The first kappa shape index (κ1) is 15.5. The van der Waals surface area contributed by atoms with Gasteiger partial charge in [0, 0.05) is 13.1 Å². The zero-order chi connectivity index (χ0) is 15.1. The van der Waals surface area contributed by atoms with Gasteiger partial charge in [-0.3, -0.25) is 0 Å². The fourth-order valence-electron chi connectivity index (χ4n) is 1.85. The number of hydrogen-bond donors (Lipinski definition) is 0. The summed E-state index contributed by atoms with van der Waals surface area (Å²) in [5.74, 6) is 0.535. The van der Waals surface area contributed by atoms with Crippen LogP contribution < -0.4 is 9.64 Å². The molecule has 0 radical (unpaired) electrons. The normalized spacial score (nSPS) is 10.4. The predicted octanol–water partition coefficient (Wildman–Crippen LogP) is 3.34. The molecule has 0 saturated heterocycles. The molecule has 112 valence electrons. The van der Waals surface area contributed by atoms with Crippen molar-refractivity contribution in [2.45, 2.75) is 26.8 Å². The van der Waals surface area contributed by atoms with E-state index in [0.717, 1.165) is 13.0 Å². The van der Waals surface area contributed by atoms with E-state index >= 15 is 0 Å². The maximum atomic E-state index is 5.96. The molecule has 0 saturated carbocycles. The van der Waals surface area contributed by atoms with Gasteiger partial charge in [0.1, 0.15) is 0 Å². The summed E-state index contributed by atoms with van der Waals surface area (Å²) >= 11 is 5.96. The van der Waals surface area contributed by atoms with Gasteiger partial charge in [0.2, 0.25) is 11.2 Å². The summed E-state index contributed by atoms with van der Waals surface area (Å²) in [6, 6.07) is 10.4. The molecule has 1 aromatic heterocycles. The van der Waals surface area contributed by atoms with Crippen molar-refractivity contribution in [1.29, 1.82) is 0 Å². The third-order valence-electron chi connectivity index (χ3n) is 2.89. The van der Waals surface area contributed by atoms with Gasteiger partial charge in [-0.15, -0.1) is 0 Å². The fourth-order valence-corrected chi connectivity index (χ4v) is 2.00. The summed E-state index contributed by atoms with van der Waals surface area (Å²) in [6.07, 6.45) is 0.889. The topological polar surface area (TPSA) is 51.1 Å². The van der Waals surface area contributed by atoms with Crippen molar-refractivity contribution in [1.82, 2.24) is 15.0 Å². The number of hydrogen-bond acceptors (Lipinski definition) is 5. The zero-order valence-electron chi connectivity index (χ0n) is 12.3. The summed E-state index contributed by atoms with van der Waals surface area (Å²) in [5, 5.41) is 0.151. The number of halogens is 1. The van der Waals surface area contributed by atoms with Gasteiger partial charge >= 0.3 is 6.01 Å². The molecule has 21 heavy (non-hydrogen) atoms.